The van der Waals surface area contributed by atoms with Gasteiger partial charge in [0.25, 0.3) is 0 Å². The van der Waals surface area contributed by atoms with Gasteiger partial charge >= 0.3 is 0 Å². The zero-order valence-electron chi connectivity index (χ0n) is 9.98. The van der Waals surface area contributed by atoms with E-state index in [2.05, 4.69) is 25.9 Å². The number of rotatable bonds is 3. The average molecular weight is 307 g/mol. The maximum absolute atomic E-state index is 12.3. The van der Waals surface area contributed by atoms with Crippen molar-refractivity contribution in [3.05, 3.63) is 51.9 Å². The maximum atomic E-state index is 12.3. The molecule has 1 heterocycles. The Labute approximate surface area is 113 Å². The molecule has 0 N–H and O–H groups in total. The maximum Gasteiger partial charge on any atom is 0.243 e. The minimum atomic E-state index is -0.199. The fourth-order valence-corrected chi connectivity index (χ4v) is 1.80. The molecule has 0 spiro atoms. The van der Waals surface area contributed by atoms with Crippen LogP contribution in [0.5, 0.6) is 5.88 Å². The summed E-state index contributed by atoms with van der Waals surface area (Å²) in [4.78, 5) is 20.3. The number of halogens is 1. The Hall–Kier alpha value is -1.75. The molecule has 4 nitrogen and oxygen atoms in total. The van der Waals surface area contributed by atoms with Crippen LogP contribution in [0.15, 0.2) is 35.1 Å². The van der Waals surface area contributed by atoms with Crippen molar-refractivity contribution in [2.24, 2.45) is 0 Å². The molecule has 0 amide bonds. The molecular formula is C13H11BrN2O2. The number of ether oxygens (including phenoxy) is 1. The normalized spacial score (nSPS) is 10.2. The van der Waals surface area contributed by atoms with E-state index in [1.54, 1.807) is 12.1 Å². The molecular weight excluding hydrogens is 296 g/mol. The Kier molecular flexibility index (Phi) is 3.72. The monoisotopic (exact) mass is 306 g/mol. The molecule has 0 saturated heterocycles. The number of carbonyl (C=O) groups excluding carboxylic acids is 1. The standard InChI is InChI=1S/C13H11BrN2O2/c1-8-7-9(3-4-10(8)14)12(17)11-13(18-2)16-6-5-15-11/h3-7H,1-2H3. The summed E-state index contributed by atoms with van der Waals surface area (Å²) in [6.07, 6.45) is 2.96. The van der Waals surface area contributed by atoms with E-state index in [0.717, 1.165) is 10.0 Å². The predicted molar refractivity (Wildman–Crippen MR) is 70.9 cm³/mol. The molecule has 1 aromatic heterocycles. The fourth-order valence-electron chi connectivity index (χ4n) is 1.55. The number of hydrogen-bond donors (Lipinski definition) is 0. The third kappa shape index (κ3) is 2.41. The van der Waals surface area contributed by atoms with E-state index in [-0.39, 0.29) is 17.4 Å². The molecule has 0 saturated carbocycles. The number of nitrogens with zero attached hydrogens (tertiary/aromatic N) is 2. The lowest BCUT2D eigenvalue weighted by atomic mass is 10.1. The van der Waals surface area contributed by atoms with Crippen molar-refractivity contribution >= 4 is 21.7 Å². The smallest absolute Gasteiger partial charge is 0.243 e. The van der Waals surface area contributed by atoms with Crippen molar-refractivity contribution in [1.29, 1.82) is 0 Å². The molecule has 18 heavy (non-hydrogen) atoms. The van der Waals surface area contributed by atoms with Gasteiger partial charge in [-0.1, -0.05) is 15.9 Å². The van der Waals surface area contributed by atoms with Crippen LogP contribution in [0.3, 0.4) is 0 Å². The van der Waals surface area contributed by atoms with E-state index in [1.165, 1.54) is 19.5 Å². The van der Waals surface area contributed by atoms with E-state index < -0.39 is 0 Å². The van der Waals surface area contributed by atoms with Gasteiger partial charge in [-0.3, -0.25) is 4.79 Å². The van der Waals surface area contributed by atoms with Gasteiger partial charge in [-0.2, -0.15) is 0 Å². The van der Waals surface area contributed by atoms with Crippen LogP contribution in [-0.2, 0) is 0 Å². The first-order chi connectivity index (χ1) is 8.63. The highest BCUT2D eigenvalue weighted by Gasteiger charge is 2.17. The van der Waals surface area contributed by atoms with Crippen molar-refractivity contribution in [2.75, 3.05) is 7.11 Å². The van der Waals surface area contributed by atoms with Gasteiger partial charge in [0.1, 0.15) is 0 Å². The molecule has 0 radical (unpaired) electrons. The summed E-state index contributed by atoms with van der Waals surface area (Å²) < 4.78 is 6.00. The number of methoxy groups -OCH3 is 1. The summed E-state index contributed by atoms with van der Waals surface area (Å²) in [5.74, 6) is 0.0404. The van der Waals surface area contributed by atoms with E-state index >= 15 is 0 Å². The van der Waals surface area contributed by atoms with Gasteiger partial charge in [0, 0.05) is 22.4 Å². The Bertz CT molecular complexity index is 599. The lowest BCUT2D eigenvalue weighted by Crippen LogP contribution is -2.08. The SMILES string of the molecule is COc1nccnc1C(=O)c1ccc(Br)c(C)c1. The minimum Gasteiger partial charge on any atom is -0.479 e. The minimum absolute atomic E-state index is 0.199. The Morgan fingerprint density at radius 2 is 2.00 bits per heavy atom. The molecule has 0 aliphatic carbocycles. The molecule has 0 unspecified atom stereocenters. The molecule has 5 heteroatoms. The van der Waals surface area contributed by atoms with Gasteiger partial charge in [0.05, 0.1) is 7.11 Å². The number of carbonyl (C=O) groups is 1. The van der Waals surface area contributed by atoms with Crippen LogP contribution < -0.4 is 4.74 Å². The van der Waals surface area contributed by atoms with Crippen molar-refractivity contribution in [3.8, 4) is 5.88 Å². The van der Waals surface area contributed by atoms with Crippen LogP contribution in [0.1, 0.15) is 21.6 Å². The van der Waals surface area contributed by atoms with Crippen molar-refractivity contribution in [1.82, 2.24) is 9.97 Å². The molecule has 0 fully saturated rings. The highest BCUT2D eigenvalue weighted by Crippen LogP contribution is 2.21. The molecule has 0 aliphatic rings. The van der Waals surface area contributed by atoms with E-state index in [9.17, 15) is 4.79 Å². The second-order valence-corrected chi connectivity index (χ2v) is 4.56. The van der Waals surface area contributed by atoms with Crippen LogP contribution in [0, 0.1) is 6.92 Å². The van der Waals surface area contributed by atoms with Crippen LogP contribution in [0.25, 0.3) is 0 Å². The van der Waals surface area contributed by atoms with Gasteiger partial charge in [-0.25, -0.2) is 9.97 Å². The Morgan fingerprint density at radius 3 is 2.67 bits per heavy atom. The summed E-state index contributed by atoms with van der Waals surface area (Å²) in [5, 5.41) is 0. The van der Waals surface area contributed by atoms with Gasteiger partial charge < -0.3 is 4.74 Å². The summed E-state index contributed by atoms with van der Waals surface area (Å²) in [5.41, 5.74) is 1.78. The van der Waals surface area contributed by atoms with E-state index in [4.69, 9.17) is 4.74 Å². The van der Waals surface area contributed by atoms with E-state index in [0.29, 0.717) is 5.56 Å². The number of ketones is 1. The van der Waals surface area contributed by atoms with Crippen molar-refractivity contribution in [3.63, 3.8) is 0 Å². The van der Waals surface area contributed by atoms with Crippen LogP contribution in [-0.4, -0.2) is 22.9 Å². The Balaban J connectivity index is 2.44. The summed E-state index contributed by atoms with van der Waals surface area (Å²) in [7, 11) is 1.47. The van der Waals surface area contributed by atoms with Crippen LogP contribution >= 0.6 is 15.9 Å². The number of hydrogen-bond acceptors (Lipinski definition) is 4. The number of aromatic nitrogens is 2. The highest BCUT2D eigenvalue weighted by molar-refractivity contribution is 9.10. The third-order valence-electron chi connectivity index (χ3n) is 2.49. The highest BCUT2D eigenvalue weighted by atomic mass is 79.9. The molecule has 2 aromatic rings. The second kappa shape index (κ2) is 5.27. The summed E-state index contributed by atoms with van der Waals surface area (Å²) in [6.45, 7) is 1.93. The lowest BCUT2D eigenvalue weighted by Gasteiger charge is -2.06. The summed E-state index contributed by atoms with van der Waals surface area (Å²) >= 11 is 3.40. The molecule has 0 aliphatic heterocycles. The summed E-state index contributed by atoms with van der Waals surface area (Å²) in [6, 6.07) is 5.39. The predicted octanol–water partition coefficient (Wildman–Crippen LogP) is 2.79. The number of aryl methyl sites for hydroxylation is 1. The molecule has 1 aromatic carbocycles. The second-order valence-electron chi connectivity index (χ2n) is 3.71. The lowest BCUT2D eigenvalue weighted by molar-refractivity contribution is 0.103. The topological polar surface area (TPSA) is 52.1 Å². The Morgan fingerprint density at radius 1 is 1.28 bits per heavy atom. The largest absolute Gasteiger partial charge is 0.479 e. The van der Waals surface area contributed by atoms with Crippen molar-refractivity contribution < 1.29 is 9.53 Å². The van der Waals surface area contributed by atoms with Crippen molar-refractivity contribution in [2.45, 2.75) is 6.92 Å². The number of benzene rings is 1. The first kappa shape index (κ1) is 12.7. The van der Waals surface area contributed by atoms with Crippen LogP contribution in [0.2, 0.25) is 0 Å². The van der Waals surface area contributed by atoms with Gasteiger partial charge in [-0.05, 0) is 30.7 Å². The average Bonchev–Trinajstić information content (AvgIpc) is 2.41. The first-order valence-electron chi connectivity index (χ1n) is 5.29. The quantitative estimate of drug-likeness (QED) is 0.818. The van der Waals surface area contributed by atoms with E-state index in [1.807, 2.05) is 13.0 Å². The molecule has 0 bridgehead atoms. The van der Waals surface area contributed by atoms with Gasteiger partial charge in [-0.15, -0.1) is 0 Å². The fraction of sp³-hybridized carbons (Fsp3) is 0.154. The van der Waals surface area contributed by atoms with Gasteiger partial charge in [0.15, 0.2) is 5.69 Å². The van der Waals surface area contributed by atoms with Crippen LogP contribution in [0.4, 0.5) is 0 Å². The molecule has 2 rings (SSSR count). The molecule has 0 atom stereocenters. The third-order valence-corrected chi connectivity index (χ3v) is 3.38. The first-order valence-corrected chi connectivity index (χ1v) is 6.08. The zero-order valence-corrected chi connectivity index (χ0v) is 11.6. The molecule has 92 valence electrons. The van der Waals surface area contributed by atoms with Gasteiger partial charge in [0.2, 0.25) is 11.7 Å². The zero-order chi connectivity index (χ0) is 13.1.